The van der Waals surface area contributed by atoms with Gasteiger partial charge >= 0.3 is 0 Å². The summed E-state index contributed by atoms with van der Waals surface area (Å²) in [6.45, 7) is 0. The second-order valence-electron chi connectivity index (χ2n) is 5.28. The molecule has 0 aliphatic carbocycles. The van der Waals surface area contributed by atoms with Gasteiger partial charge in [-0.1, -0.05) is 30.3 Å². The first kappa shape index (κ1) is 11.4. The minimum Gasteiger partial charge on any atom is -0.272 e. The maximum atomic E-state index is 12.6. The van der Waals surface area contributed by atoms with Crippen LogP contribution in [0.4, 0.5) is 0 Å². The molecule has 2 aromatic carbocycles. The zero-order valence-corrected chi connectivity index (χ0v) is 11.4. The van der Waals surface area contributed by atoms with Crippen molar-refractivity contribution in [1.82, 2.24) is 19.6 Å². The number of benzene rings is 2. The van der Waals surface area contributed by atoms with Gasteiger partial charge in [0.15, 0.2) is 11.3 Å². The van der Waals surface area contributed by atoms with Gasteiger partial charge in [0.2, 0.25) is 0 Å². The lowest BCUT2D eigenvalue weighted by Crippen LogP contribution is -2.15. The molecule has 0 radical (unpaired) electrons. The Bertz CT molecular complexity index is 1250. The Labute approximate surface area is 123 Å². The summed E-state index contributed by atoms with van der Waals surface area (Å²) >= 11 is 0. The number of para-hydroxylation sites is 2. The van der Waals surface area contributed by atoms with E-state index in [9.17, 15) is 4.79 Å². The summed E-state index contributed by atoms with van der Waals surface area (Å²) in [6.07, 6.45) is 0. The van der Waals surface area contributed by atoms with Crippen molar-refractivity contribution >= 4 is 38.5 Å². The van der Waals surface area contributed by atoms with Crippen LogP contribution in [0.3, 0.4) is 0 Å². The van der Waals surface area contributed by atoms with E-state index in [4.69, 9.17) is 0 Å². The van der Waals surface area contributed by atoms with E-state index < -0.39 is 0 Å². The Balaban J connectivity index is 2.07. The highest BCUT2D eigenvalue weighted by Gasteiger charge is 2.12. The fourth-order valence-electron chi connectivity index (χ4n) is 2.89. The number of aromatic amines is 1. The third-order valence-electron chi connectivity index (χ3n) is 3.96. The first-order valence-corrected chi connectivity index (χ1v) is 7.00. The van der Waals surface area contributed by atoms with Crippen LogP contribution in [0.25, 0.3) is 38.5 Å². The first-order valence-electron chi connectivity index (χ1n) is 7.00. The summed E-state index contributed by atoms with van der Waals surface area (Å²) < 4.78 is 1.47. The SMILES string of the molecule is O=c1c2ccccc2nc2c3cc4ccccc4nc3[nH]n12. The van der Waals surface area contributed by atoms with E-state index in [1.54, 1.807) is 6.07 Å². The van der Waals surface area contributed by atoms with Gasteiger partial charge in [-0.3, -0.25) is 9.89 Å². The van der Waals surface area contributed by atoms with Crippen LogP contribution in [0.2, 0.25) is 0 Å². The predicted octanol–water partition coefficient (Wildman–Crippen LogP) is 2.88. The Morgan fingerprint density at radius 1 is 0.864 bits per heavy atom. The second kappa shape index (κ2) is 3.92. The lowest BCUT2D eigenvalue weighted by molar-refractivity contribution is 0.925. The number of aromatic nitrogens is 4. The van der Waals surface area contributed by atoms with Crippen LogP contribution in [0.15, 0.2) is 59.4 Å². The first-order chi connectivity index (χ1) is 10.8. The van der Waals surface area contributed by atoms with Crippen LogP contribution in [-0.4, -0.2) is 19.6 Å². The average Bonchev–Trinajstić information content (AvgIpc) is 2.91. The molecule has 5 rings (SSSR count). The molecule has 0 saturated heterocycles. The molecule has 0 bridgehead atoms. The van der Waals surface area contributed by atoms with Crippen molar-refractivity contribution in [3.05, 3.63) is 65.0 Å². The maximum absolute atomic E-state index is 12.6. The topological polar surface area (TPSA) is 63.0 Å². The number of hydrogen-bond donors (Lipinski definition) is 1. The van der Waals surface area contributed by atoms with Crippen molar-refractivity contribution in [1.29, 1.82) is 0 Å². The van der Waals surface area contributed by atoms with E-state index >= 15 is 0 Å². The molecule has 1 N–H and O–H groups in total. The smallest absolute Gasteiger partial charge is 0.272 e. The Kier molecular flexibility index (Phi) is 2.04. The highest BCUT2D eigenvalue weighted by Crippen LogP contribution is 2.22. The molecule has 0 saturated carbocycles. The molecule has 0 aliphatic heterocycles. The van der Waals surface area contributed by atoms with Gasteiger partial charge in [-0.05, 0) is 24.3 Å². The molecule has 0 fully saturated rings. The van der Waals surface area contributed by atoms with Crippen LogP contribution >= 0.6 is 0 Å². The molecule has 0 unspecified atom stereocenters. The molecule has 0 amide bonds. The third kappa shape index (κ3) is 1.39. The minimum atomic E-state index is -0.109. The molecule has 104 valence electrons. The highest BCUT2D eigenvalue weighted by atomic mass is 16.1. The number of nitrogens with zero attached hydrogens (tertiary/aromatic N) is 3. The van der Waals surface area contributed by atoms with Gasteiger partial charge in [0, 0.05) is 5.39 Å². The largest absolute Gasteiger partial charge is 0.280 e. The van der Waals surface area contributed by atoms with E-state index in [0.29, 0.717) is 22.2 Å². The van der Waals surface area contributed by atoms with E-state index in [0.717, 1.165) is 16.3 Å². The third-order valence-corrected chi connectivity index (χ3v) is 3.96. The molecular formula is C17H10N4O. The molecule has 5 nitrogen and oxygen atoms in total. The zero-order chi connectivity index (χ0) is 14.7. The molecule has 22 heavy (non-hydrogen) atoms. The summed E-state index contributed by atoms with van der Waals surface area (Å²) in [5.41, 5.74) is 2.75. The molecule has 0 aliphatic rings. The van der Waals surface area contributed by atoms with Crippen molar-refractivity contribution < 1.29 is 0 Å². The normalized spacial score (nSPS) is 11.8. The van der Waals surface area contributed by atoms with Crippen LogP contribution in [0.1, 0.15) is 0 Å². The summed E-state index contributed by atoms with van der Waals surface area (Å²) in [6, 6.07) is 17.3. The van der Waals surface area contributed by atoms with Gasteiger partial charge in [0.1, 0.15) is 0 Å². The minimum absolute atomic E-state index is 0.109. The van der Waals surface area contributed by atoms with E-state index in [-0.39, 0.29) is 5.56 Å². The number of H-pyrrole nitrogens is 1. The van der Waals surface area contributed by atoms with Gasteiger partial charge < -0.3 is 0 Å². The van der Waals surface area contributed by atoms with Gasteiger partial charge in [0.05, 0.1) is 21.8 Å². The van der Waals surface area contributed by atoms with Crippen molar-refractivity contribution in [3.63, 3.8) is 0 Å². The lowest BCUT2D eigenvalue weighted by atomic mass is 10.2. The van der Waals surface area contributed by atoms with E-state index in [1.165, 1.54) is 4.52 Å². The van der Waals surface area contributed by atoms with Crippen molar-refractivity contribution in [2.45, 2.75) is 0 Å². The van der Waals surface area contributed by atoms with E-state index in [1.807, 2.05) is 48.5 Å². The number of fused-ring (bicyclic) bond motifs is 5. The fourth-order valence-corrected chi connectivity index (χ4v) is 2.89. The van der Waals surface area contributed by atoms with Crippen LogP contribution in [0.5, 0.6) is 0 Å². The van der Waals surface area contributed by atoms with Gasteiger partial charge in [0.25, 0.3) is 5.56 Å². The van der Waals surface area contributed by atoms with Gasteiger partial charge in [-0.25, -0.2) is 9.97 Å². The van der Waals surface area contributed by atoms with Crippen molar-refractivity contribution in [3.8, 4) is 0 Å². The Morgan fingerprint density at radius 3 is 2.55 bits per heavy atom. The Hall–Kier alpha value is -3.21. The molecule has 3 aromatic heterocycles. The monoisotopic (exact) mass is 286 g/mol. The van der Waals surface area contributed by atoms with Gasteiger partial charge in [-0.15, -0.1) is 0 Å². The van der Waals surface area contributed by atoms with Crippen LogP contribution in [-0.2, 0) is 0 Å². The quantitative estimate of drug-likeness (QED) is 0.476. The van der Waals surface area contributed by atoms with Gasteiger partial charge in [-0.2, -0.15) is 4.52 Å². The number of pyridine rings is 1. The highest BCUT2D eigenvalue weighted by molar-refractivity contribution is 5.99. The second-order valence-corrected chi connectivity index (χ2v) is 5.28. The summed E-state index contributed by atoms with van der Waals surface area (Å²) in [5, 5.41) is 5.53. The van der Waals surface area contributed by atoms with Crippen molar-refractivity contribution in [2.75, 3.05) is 0 Å². The maximum Gasteiger partial charge on any atom is 0.280 e. The molecule has 3 heterocycles. The summed E-state index contributed by atoms with van der Waals surface area (Å²) in [7, 11) is 0. The number of hydrogen-bond acceptors (Lipinski definition) is 3. The van der Waals surface area contributed by atoms with Crippen LogP contribution < -0.4 is 5.56 Å². The average molecular weight is 286 g/mol. The molecular weight excluding hydrogens is 276 g/mol. The summed E-state index contributed by atoms with van der Waals surface area (Å²) in [4.78, 5) is 21.8. The zero-order valence-electron chi connectivity index (χ0n) is 11.4. The Morgan fingerprint density at radius 2 is 1.64 bits per heavy atom. The van der Waals surface area contributed by atoms with E-state index in [2.05, 4.69) is 15.1 Å². The number of rotatable bonds is 0. The lowest BCUT2D eigenvalue weighted by Gasteiger charge is -1.98. The van der Waals surface area contributed by atoms with Crippen LogP contribution in [0, 0.1) is 0 Å². The molecule has 0 atom stereocenters. The molecule has 5 aromatic rings. The van der Waals surface area contributed by atoms with Crippen molar-refractivity contribution in [2.24, 2.45) is 0 Å². The molecule has 5 heteroatoms. The number of nitrogens with one attached hydrogen (secondary N) is 1. The predicted molar refractivity (Wildman–Crippen MR) is 86.1 cm³/mol. The molecule has 0 spiro atoms. The standard InChI is InChI=1S/C17H10N4O/c22-17-11-6-2-4-8-14(11)19-16-12-9-10-5-1-3-7-13(10)18-15(12)20-21(16)17/h1-9H,(H,18,20). The summed E-state index contributed by atoms with van der Waals surface area (Å²) in [5.74, 6) is 0. The fraction of sp³-hybridized carbons (Fsp3) is 0.